The summed E-state index contributed by atoms with van der Waals surface area (Å²) >= 11 is 0. The number of imidazole rings is 1. The maximum Gasteiger partial charge on any atom is 0.111 e. The van der Waals surface area contributed by atoms with Crippen molar-refractivity contribution in [2.75, 3.05) is 0 Å². The van der Waals surface area contributed by atoms with Crippen LogP contribution in [0.15, 0.2) is 18.3 Å². The van der Waals surface area contributed by atoms with Crippen LogP contribution >= 0.6 is 0 Å². The molecule has 1 aliphatic rings. The minimum atomic E-state index is 0.0645. The summed E-state index contributed by atoms with van der Waals surface area (Å²) in [4.78, 5) is 8.20. The fourth-order valence-electron chi connectivity index (χ4n) is 3.67. The first-order valence-electron chi connectivity index (χ1n) is 9.12. The summed E-state index contributed by atoms with van der Waals surface area (Å²) in [5.41, 5.74) is 7.38. The number of hydrogen-bond donors (Lipinski definition) is 1. The molecule has 23 heavy (non-hydrogen) atoms. The van der Waals surface area contributed by atoms with Gasteiger partial charge in [0, 0.05) is 11.0 Å². The Kier molecular flexibility index (Phi) is 4.35. The van der Waals surface area contributed by atoms with E-state index in [4.69, 9.17) is 0 Å². The van der Waals surface area contributed by atoms with Crippen LogP contribution in [0.5, 0.6) is 0 Å². The normalized spacial score (nSPS) is 16.2. The van der Waals surface area contributed by atoms with E-state index >= 15 is 0 Å². The van der Waals surface area contributed by atoms with Crippen molar-refractivity contribution in [2.24, 2.45) is 0 Å². The van der Waals surface area contributed by atoms with Crippen molar-refractivity contribution in [1.82, 2.24) is 9.97 Å². The molecule has 1 aromatic heterocycles. The number of fused-ring (bicyclic) bond motifs is 1. The minimum Gasteiger partial charge on any atom is -0.342 e. The number of nitrogens with zero attached hydrogens (tertiary/aromatic N) is 1. The molecular formula is C21H30N2. The van der Waals surface area contributed by atoms with Gasteiger partial charge in [0.15, 0.2) is 0 Å². The van der Waals surface area contributed by atoms with Crippen LogP contribution in [0, 0.1) is 0 Å². The van der Waals surface area contributed by atoms with Crippen LogP contribution in [0.2, 0.25) is 0 Å². The molecule has 0 saturated carbocycles. The van der Waals surface area contributed by atoms with Gasteiger partial charge in [-0.2, -0.15) is 0 Å². The molecule has 1 N–H and O–H groups in total. The van der Waals surface area contributed by atoms with Crippen LogP contribution < -0.4 is 0 Å². The predicted octanol–water partition coefficient (Wildman–Crippen LogP) is 5.77. The molecule has 1 heterocycles. The number of nitrogens with one attached hydrogen (secondary N) is 1. The lowest BCUT2D eigenvalue weighted by Gasteiger charge is -2.25. The summed E-state index contributed by atoms with van der Waals surface area (Å²) in [6.45, 7) is 11.3. The molecule has 1 aliphatic carbocycles. The fourth-order valence-corrected chi connectivity index (χ4v) is 3.67. The molecule has 0 saturated heterocycles. The van der Waals surface area contributed by atoms with Gasteiger partial charge in [0.2, 0.25) is 0 Å². The summed E-state index contributed by atoms with van der Waals surface area (Å²) in [7, 11) is 0. The fraction of sp³-hybridized carbons (Fsp3) is 0.571. The van der Waals surface area contributed by atoms with Crippen LogP contribution in [-0.4, -0.2) is 9.97 Å². The molecule has 0 fully saturated rings. The quantitative estimate of drug-likeness (QED) is 0.766. The van der Waals surface area contributed by atoms with E-state index in [1.54, 1.807) is 16.7 Å². The number of benzene rings is 1. The zero-order valence-corrected chi connectivity index (χ0v) is 15.3. The Morgan fingerprint density at radius 3 is 2.43 bits per heavy atom. The van der Waals surface area contributed by atoms with Gasteiger partial charge in [-0.1, -0.05) is 46.8 Å². The van der Waals surface area contributed by atoms with E-state index < -0.39 is 0 Å². The molecule has 2 aromatic rings. The number of hydrogen-bond acceptors (Lipinski definition) is 1. The minimum absolute atomic E-state index is 0.0645. The summed E-state index contributed by atoms with van der Waals surface area (Å²) in [6.07, 6.45) is 8.32. The molecule has 0 aliphatic heterocycles. The van der Waals surface area contributed by atoms with Crippen molar-refractivity contribution in [3.63, 3.8) is 0 Å². The van der Waals surface area contributed by atoms with Gasteiger partial charge >= 0.3 is 0 Å². The van der Waals surface area contributed by atoms with E-state index in [9.17, 15) is 0 Å². The molecule has 3 rings (SSSR count). The summed E-state index contributed by atoms with van der Waals surface area (Å²) in [5.74, 6) is 1.73. The van der Waals surface area contributed by atoms with E-state index in [0.29, 0.717) is 5.92 Å². The standard InChI is InChI=1S/C21H30N2/c1-6-14(2)15-11-12-18(17-10-8-7-9-16(15)17)19-13-22-20(23-19)21(3,4)5/h11-14H,6-10H2,1-5H3,(H,22,23). The number of aromatic amines is 1. The first-order valence-corrected chi connectivity index (χ1v) is 9.12. The highest BCUT2D eigenvalue weighted by Gasteiger charge is 2.22. The highest BCUT2D eigenvalue weighted by Crippen LogP contribution is 2.37. The monoisotopic (exact) mass is 310 g/mol. The molecule has 1 atom stereocenters. The van der Waals surface area contributed by atoms with E-state index in [-0.39, 0.29) is 5.41 Å². The summed E-state index contributed by atoms with van der Waals surface area (Å²) in [5, 5.41) is 0. The topological polar surface area (TPSA) is 28.7 Å². The van der Waals surface area contributed by atoms with Gasteiger partial charge in [-0.05, 0) is 54.7 Å². The Bertz CT molecular complexity index is 688. The Labute approximate surface area is 140 Å². The van der Waals surface area contributed by atoms with Crippen LogP contribution in [0.3, 0.4) is 0 Å². The van der Waals surface area contributed by atoms with Crippen LogP contribution in [0.1, 0.15) is 82.3 Å². The van der Waals surface area contributed by atoms with E-state index in [1.807, 2.05) is 6.20 Å². The van der Waals surface area contributed by atoms with Crippen molar-refractivity contribution in [3.05, 3.63) is 40.8 Å². The molecule has 124 valence electrons. The molecule has 1 aromatic carbocycles. The van der Waals surface area contributed by atoms with Gasteiger partial charge in [-0.3, -0.25) is 0 Å². The maximum atomic E-state index is 4.63. The van der Waals surface area contributed by atoms with E-state index in [2.05, 4.69) is 56.7 Å². The summed E-state index contributed by atoms with van der Waals surface area (Å²) in [6, 6.07) is 4.69. The third kappa shape index (κ3) is 3.08. The molecule has 0 spiro atoms. The number of rotatable bonds is 3. The molecule has 0 bridgehead atoms. The third-order valence-electron chi connectivity index (χ3n) is 5.29. The average Bonchev–Trinajstić information content (AvgIpc) is 3.03. The van der Waals surface area contributed by atoms with Gasteiger partial charge in [0.1, 0.15) is 5.82 Å². The second kappa shape index (κ2) is 6.14. The Morgan fingerprint density at radius 1 is 1.13 bits per heavy atom. The van der Waals surface area contributed by atoms with Crippen LogP contribution in [0.25, 0.3) is 11.3 Å². The molecule has 0 amide bonds. The number of aromatic nitrogens is 2. The average molecular weight is 310 g/mol. The Balaban J connectivity index is 2.08. The SMILES string of the molecule is CCC(C)c1ccc(-c2cnc(C(C)(C)C)[nH]2)c2c1CCCC2. The lowest BCUT2D eigenvalue weighted by molar-refractivity contribution is 0.553. The zero-order chi connectivity index (χ0) is 16.6. The maximum absolute atomic E-state index is 4.63. The molecule has 2 nitrogen and oxygen atoms in total. The van der Waals surface area contributed by atoms with Crippen molar-refractivity contribution < 1.29 is 0 Å². The zero-order valence-electron chi connectivity index (χ0n) is 15.3. The van der Waals surface area contributed by atoms with Crippen LogP contribution in [-0.2, 0) is 18.3 Å². The molecule has 1 unspecified atom stereocenters. The largest absolute Gasteiger partial charge is 0.342 e. The molecule has 0 radical (unpaired) electrons. The van der Waals surface area contributed by atoms with Crippen molar-refractivity contribution in [2.45, 2.75) is 78.1 Å². The third-order valence-corrected chi connectivity index (χ3v) is 5.29. The van der Waals surface area contributed by atoms with Gasteiger partial charge < -0.3 is 4.98 Å². The highest BCUT2D eigenvalue weighted by atomic mass is 14.9. The highest BCUT2D eigenvalue weighted by molar-refractivity contribution is 5.67. The Morgan fingerprint density at radius 2 is 1.83 bits per heavy atom. The second-order valence-corrected chi connectivity index (χ2v) is 8.07. The van der Waals surface area contributed by atoms with Gasteiger partial charge in [-0.25, -0.2) is 4.98 Å². The van der Waals surface area contributed by atoms with Crippen molar-refractivity contribution in [3.8, 4) is 11.3 Å². The lowest BCUT2D eigenvalue weighted by atomic mass is 9.80. The van der Waals surface area contributed by atoms with Crippen LogP contribution in [0.4, 0.5) is 0 Å². The summed E-state index contributed by atoms with van der Waals surface area (Å²) < 4.78 is 0. The second-order valence-electron chi connectivity index (χ2n) is 8.07. The predicted molar refractivity (Wildman–Crippen MR) is 98.1 cm³/mol. The lowest BCUT2D eigenvalue weighted by Crippen LogP contribution is -2.13. The van der Waals surface area contributed by atoms with E-state index in [0.717, 1.165) is 5.82 Å². The van der Waals surface area contributed by atoms with Crippen molar-refractivity contribution >= 4 is 0 Å². The van der Waals surface area contributed by atoms with Gasteiger partial charge in [0.25, 0.3) is 0 Å². The van der Waals surface area contributed by atoms with E-state index in [1.165, 1.54) is 43.4 Å². The molecule has 2 heteroatoms. The molecular weight excluding hydrogens is 280 g/mol. The van der Waals surface area contributed by atoms with Crippen molar-refractivity contribution in [1.29, 1.82) is 0 Å². The smallest absolute Gasteiger partial charge is 0.111 e. The first kappa shape index (κ1) is 16.3. The van der Waals surface area contributed by atoms with Gasteiger partial charge in [-0.15, -0.1) is 0 Å². The van der Waals surface area contributed by atoms with Gasteiger partial charge in [0.05, 0.1) is 11.9 Å². The Hall–Kier alpha value is -1.57. The number of H-pyrrole nitrogens is 1. The first-order chi connectivity index (χ1) is 10.9.